The van der Waals surface area contributed by atoms with Crippen LogP contribution in [0.3, 0.4) is 0 Å². The number of hydrogen-bond donors (Lipinski definition) is 0. The van der Waals surface area contributed by atoms with Gasteiger partial charge in [0, 0.05) is 0 Å². The first kappa shape index (κ1) is 93.0. The van der Waals surface area contributed by atoms with Gasteiger partial charge in [0.1, 0.15) is 0 Å². The minimum atomic E-state index is 0.788. The predicted molar refractivity (Wildman–Crippen MR) is 457 cm³/mol. The van der Waals surface area contributed by atoms with E-state index in [1.807, 2.05) is 0 Å². The summed E-state index contributed by atoms with van der Waals surface area (Å²) in [4.78, 5) is 0. The van der Waals surface area contributed by atoms with E-state index in [-0.39, 0.29) is 0 Å². The lowest BCUT2D eigenvalue weighted by atomic mass is 9.60. The van der Waals surface area contributed by atoms with Crippen LogP contribution in [0, 0.1) is 298 Å². The molecule has 4 saturated carbocycles. The van der Waals surface area contributed by atoms with Crippen molar-refractivity contribution in [3.05, 3.63) is 122 Å². The zero-order valence-corrected chi connectivity index (χ0v) is 76.6. The van der Waals surface area contributed by atoms with E-state index in [1.165, 1.54) is 122 Å². The first-order valence-electron chi connectivity index (χ1n) is 41.8. The fourth-order valence-electron chi connectivity index (χ4n) is 20.0. The van der Waals surface area contributed by atoms with E-state index < -0.39 is 0 Å². The maximum Gasteiger partial charge on any atom is -0.0114 e. The highest BCUT2D eigenvalue weighted by Gasteiger charge is 2.42. The van der Waals surface area contributed by atoms with Gasteiger partial charge in [-0.3, -0.25) is 0 Å². The molecule has 4 fully saturated rings. The summed E-state index contributed by atoms with van der Waals surface area (Å²) >= 11 is 0. The van der Waals surface area contributed by atoms with Crippen LogP contribution in [0.25, 0.3) is 10.8 Å². The Hall–Kier alpha value is -3.12. The van der Waals surface area contributed by atoms with Gasteiger partial charge < -0.3 is 0 Å². The quantitative estimate of drug-likeness (QED) is 0.154. The number of rotatable bonds is 0. The predicted octanol–water partition coefficient (Wildman–Crippen LogP) is 30.9. The lowest BCUT2D eigenvalue weighted by molar-refractivity contribution is 0.0302. The summed E-state index contributed by atoms with van der Waals surface area (Å²) in [7, 11) is 0. The largest absolute Gasteiger partial charge is 0.0710 e. The highest BCUT2D eigenvalue weighted by Crippen LogP contribution is 2.49. The third-order valence-corrected chi connectivity index (χ3v) is 35.3. The topological polar surface area (TPSA) is 0 Å². The summed E-state index contributed by atoms with van der Waals surface area (Å²) in [6.45, 7) is 114. The van der Waals surface area contributed by atoms with E-state index >= 15 is 0 Å². The van der Waals surface area contributed by atoms with E-state index in [4.69, 9.17) is 0 Å². The van der Waals surface area contributed by atoms with Crippen LogP contribution in [0.5, 0.6) is 0 Å². The number of hydrogen-bond acceptors (Lipinski definition) is 0. The molecule has 4 aromatic rings. The number of benzene rings is 4. The molecule has 0 N–H and O–H groups in total. The third-order valence-electron chi connectivity index (χ3n) is 35.3. The summed E-state index contributed by atoms with van der Waals surface area (Å²) in [6, 6.07) is 0. The van der Waals surface area contributed by atoms with E-state index in [1.54, 1.807) is 11.1 Å². The molecule has 5 aliphatic rings. The molecule has 0 radical (unpaired) electrons. The second-order valence-corrected chi connectivity index (χ2v) is 37.7. The van der Waals surface area contributed by atoms with Gasteiger partial charge in [-0.1, -0.05) is 198 Å². The molecule has 4 unspecified atom stereocenters. The van der Waals surface area contributed by atoms with Crippen molar-refractivity contribution in [2.75, 3.05) is 0 Å². The van der Waals surface area contributed by atoms with Crippen molar-refractivity contribution in [3.8, 4) is 0 Å². The van der Waals surface area contributed by atoms with Crippen LogP contribution in [0.2, 0.25) is 0 Å². The molecule has 0 bridgehead atoms. The molecule has 574 valence electrons. The van der Waals surface area contributed by atoms with Crippen molar-refractivity contribution >= 4 is 10.8 Å². The lowest BCUT2D eigenvalue weighted by Gasteiger charge is -2.45. The van der Waals surface area contributed by atoms with E-state index in [2.05, 4.69) is 339 Å². The van der Waals surface area contributed by atoms with E-state index in [0.29, 0.717) is 0 Å². The Morgan fingerprint density at radius 2 is 0.170 bits per heavy atom. The molecular weight excluding hydrogens is 1200 g/mol. The average Bonchev–Trinajstić information content (AvgIpc) is 0.873. The van der Waals surface area contributed by atoms with Gasteiger partial charge in [0.05, 0.1) is 0 Å². The minimum absolute atomic E-state index is 0.788. The van der Waals surface area contributed by atoms with Gasteiger partial charge in [-0.25, -0.2) is 0 Å². The number of fused-ring (bicyclic) bond motifs is 1. The van der Waals surface area contributed by atoms with Gasteiger partial charge in [-0.05, 0) is 434 Å². The molecule has 9 rings (SSSR count). The summed E-state index contributed by atoms with van der Waals surface area (Å²) in [5.74, 6) is 24.3. The molecule has 0 heterocycles. The highest BCUT2D eigenvalue weighted by atomic mass is 14.5. The van der Waals surface area contributed by atoms with Gasteiger partial charge in [0.25, 0.3) is 0 Å². The zero-order chi connectivity index (χ0) is 78.4. The van der Waals surface area contributed by atoms with Crippen LogP contribution >= 0.6 is 0 Å². The molecule has 4 atom stereocenters. The Balaban J connectivity index is 0.000000391. The standard InChI is InChI=1S/C18H24.3C12H24.C12H22.2C12H18.C10H20/c1-9-10(2)14(6)18-16(8)12(4)11(3)15(7)17(18)13(9)5;6*1-7-8(2)10(4)12(6)11(5)9(7)3;1-6-7(2)9(4)10(5)8(6)3/h1-8H3;3*7-12H,1-6H3;7-10H,1-6H3;2*1-6H3;6-10H,1-5H3. The number of aryl methyl sites for hydroxylation is 4. The van der Waals surface area contributed by atoms with Crippen molar-refractivity contribution < 1.29 is 0 Å². The molecule has 0 heteroatoms. The van der Waals surface area contributed by atoms with Gasteiger partial charge >= 0.3 is 0 Å². The third kappa shape index (κ3) is 19.9. The summed E-state index contributed by atoms with van der Waals surface area (Å²) in [6.07, 6.45) is 0. The maximum atomic E-state index is 2.42. The molecule has 0 aromatic heterocycles. The SMILES string of the molecule is CC1=C(C)C(C)C(C)C(C)C1C.CC1C(C)C(C)C(C)C(C)C1C.CC1C(C)C(C)C(C)C(C)C1C.CC1C(C)C(C)C(C)C(C)C1C.CC1C(C)C(C)C(C)C1C.Cc1c(C)c(C)c(C)c(C)c1C.Cc1c(C)c(C)c(C)c(C)c1C.Cc1c(C)c(C)c2c(C)c(C)c(C)c(C)c2c1C. The van der Waals surface area contributed by atoms with Crippen molar-refractivity contribution in [3.63, 3.8) is 0 Å². The second-order valence-electron chi connectivity index (χ2n) is 37.7. The molecule has 0 amide bonds. The molecule has 0 saturated heterocycles. The van der Waals surface area contributed by atoms with Crippen LogP contribution in [0.15, 0.2) is 11.1 Å². The average molecular weight is 1380 g/mol. The summed E-state index contributed by atoms with van der Waals surface area (Å²) in [5, 5.41) is 2.97. The van der Waals surface area contributed by atoms with Gasteiger partial charge in [0.2, 0.25) is 0 Å². The Morgan fingerprint density at radius 3 is 0.250 bits per heavy atom. The Bertz CT molecular complexity index is 2590. The Morgan fingerprint density at radius 1 is 0.100 bits per heavy atom. The smallest absolute Gasteiger partial charge is 0.0114 e. The lowest BCUT2D eigenvalue weighted by Crippen LogP contribution is -2.39. The Labute approximate surface area is 628 Å². The van der Waals surface area contributed by atoms with Crippen LogP contribution in [0.4, 0.5) is 0 Å². The molecule has 0 spiro atoms. The van der Waals surface area contributed by atoms with Gasteiger partial charge in [-0.15, -0.1) is 0 Å². The first-order valence-corrected chi connectivity index (χ1v) is 41.8. The summed E-state index contributed by atoms with van der Waals surface area (Å²) in [5.41, 5.74) is 32.3. The highest BCUT2D eigenvalue weighted by molar-refractivity contribution is 5.97. The molecule has 5 aliphatic carbocycles. The van der Waals surface area contributed by atoms with Crippen molar-refractivity contribution in [1.29, 1.82) is 0 Å². The van der Waals surface area contributed by atoms with Gasteiger partial charge in [-0.2, -0.15) is 0 Å². The van der Waals surface area contributed by atoms with Gasteiger partial charge in [0.15, 0.2) is 0 Å². The molecule has 0 nitrogen and oxygen atoms in total. The fraction of sp³-hybridized carbons (Fsp3) is 0.760. The normalized spacial score (nSPS) is 35.3. The maximum absolute atomic E-state index is 2.42. The van der Waals surface area contributed by atoms with Crippen molar-refractivity contribution in [2.45, 2.75) is 339 Å². The van der Waals surface area contributed by atoms with Crippen LogP contribution in [0.1, 0.15) is 312 Å². The van der Waals surface area contributed by atoms with Crippen LogP contribution < -0.4 is 0 Å². The minimum Gasteiger partial charge on any atom is -0.0710 e. The fourth-order valence-corrected chi connectivity index (χ4v) is 20.0. The monoisotopic (exact) mass is 1380 g/mol. The van der Waals surface area contributed by atoms with Crippen LogP contribution in [-0.4, -0.2) is 0 Å². The molecular formula is C100H174. The first-order chi connectivity index (χ1) is 45.6. The van der Waals surface area contributed by atoms with Crippen LogP contribution in [-0.2, 0) is 0 Å². The molecule has 100 heavy (non-hydrogen) atoms. The molecule has 4 aromatic carbocycles. The second kappa shape index (κ2) is 38.4. The zero-order valence-electron chi connectivity index (χ0n) is 76.6. The van der Waals surface area contributed by atoms with Crippen molar-refractivity contribution in [1.82, 2.24) is 0 Å². The van der Waals surface area contributed by atoms with Crippen molar-refractivity contribution in [2.24, 2.45) is 160 Å². The molecule has 0 aliphatic heterocycles. The van der Waals surface area contributed by atoms with E-state index in [9.17, 15) is 0 Å². The van der Waals surface area contributed by atoms with E-state index in [0.717, 1.165) is 160 Å². The summed E-state index contributed by atoms with van der Waals surface area (Å²) < 4.78 is 0. The number of allylic oxidation sites excluding steroid dienone is 2. The Kier molecular flexibility index (Phi) is 35.7.